The van der Waals surface area contributed by atoms with Crippen LogP contribution in [0, 0.1) is 6.92 Å². The Morgan fingerprint density at radius 2 is 1.95 bits per heavy atom. The Labute approximate surface area is 128 Å². The molecular weight excluding hydrogens is 260 g/mol. The molecule has 2 bridgehead atoms. The van der Waals surface area contributed by atoms with Gasteiger partial charge >= 0.3 is 0 Å². The van der Waals surface area contributed by atoms with Gasteiger partial charge in [0.15, 0.2) is 0 Å². The minimum atomic E-state index is 0.664. The summed E-state index contributed by atoms with van der Waals surface area (Å²) in [7, 11) is 1.79. The number of hydrogen-bond acceptors (Lipinski definition) is 3. The lowest BCUT2D eigenvalue weighted by molar-refractivity contribution is 0.245. The van der Waals surface area contributed by atoms with Crippen LogP contribution in [0.25, 0.3) is 0 Å². The Kier molecular flexibility index (Phi) is 4.39. The predicted octanol–water partition coefficient (Wildman–Crippen LogP) is 3.50. The van der Waals surface area contributed by atoms with Crippen LogP contribution in [-0.4, -0.2) is 31.8 Å². The van der Waals surface area contributed by atoms with Crippen molar-refractivity contribution in [2.75, 3.05) is 18.6 Å². The van der Waals surface area contributed by atoms with Crippen LogP contribution in [0.2, 0.25) is 0 Å². The van der Waals surface area contributed by atoms with Crippen LogP contribution in [0.5, 0.6) is 5.75 Å². The summed E-state index contributed by atoms with van der Waals surface area (Å²) in [6.07, 6.45) is 6.53. The zero-order valence-corrected chi connectivity index (χ0v) is 13.6. The van der Waals surface area contributed by atoms with Crippen molar-refractivity contribution in [1.82, 2.24) is 5.32 Å². The molecule has 2 atom stereocenters. The highest BCUT2D eigenvalue weighted by molar-refractivity contribution is 5.62. The smallest absolute Gasteiger partial charge is 0.142 e. The molecule has 2 aliphatic rings. The molecule has 2 heterocycles. The molecule has 116 valence electrons. The molecule has 0 spiro atoms. The molecule has 0 amide bonds. The second-order valence-electron chi connectivity index (χ2n) is 6.55. The molecule has 2 saturated heterocycles. The maximum absolute atomic E-state index is 5.64. The van der Waals surface area contributed by atoms with E-state index in [0.29, 0.717) is 18.1 Å². The third-order valence-electron chi connectivity index (χ3n) is 5.08. The molecule has 1 N–H and O–H groups in total. The summed E-state index contributed by atoms with van der Waals surface area (Å²) >= 11 is 0. The minimum absolute atomic E-state index is 0.664. The molecule has 0 saturated carbocycles. The summed E-state index contributed by atoms with van der Waals surface area (Å²) in [5, 5.41) is 3.67. The Hall–Kier alpha value is -1.22. The normalized spacial score (nSPS) is 28.5. The molecule has 2 aliphatic heterocycles. The van der Waals surface area contributed by atoms with Crippen LogP contribution in [0.1, 0.15) is 44.6 Å². The fourth-order valence-electron chi connectivity index (χ4n) is 4.23. The topological polar surface area (TPSA) is 24.5 Å². The Bertz CT molecular complexity index is 474. The fraction of sp³-hybridized carbons (Fsp3) is 0.667. The van der Waals surface area contributed by atoms with Gasteiger partial charge in [-0.2, -0.15) is 0 Å². The van der Waals surface area contributed by atoms with Crippen molar-refractivity contribution in [2.24, 2.45) is 0 Å². The molecule has 3 rings (SSSR count). The van der Waals surface area contributed by atoms with Crippen molar-refractivity contribution >= 4 is 5.69 Å². The van der Waals surface area contributed by atoms with E-state index < -0.39 is 0 Å². The standard InChI is InChI=1S/C18H28N2O/c1-4-19-14-11-15-6-5-7-16(12-14)20(15)17-10-13(2)8-9-18(17)21-3/h8-10,14-16,19H,4-7,11-12H2,1-3H3. The number of aryl methyl sites for hydroxylation is 1. The van der Waals surface area contributed by atoms with E-state index >= 15 is 0 Å². The zero-order chi connectivity index (χ0) is 14.8. The second-order valence-corrected chi connectivity index (χ2v) is 6.55. The number of methoxy groups -OCH3 is 1. The van der Waals surface area contributed by atoms with Gasteiger partial charge in [0.25, 0.3) is 0 Å². The molecule has 1 aromatic carbocycles. The number of nitrogens with one attached hydrogen (secondary N) is 1. The van der Waals surface area contributed by atoms with Crippen molar-refractivity contribution in [1.29, 1.82) is 0 Å². The molecule has 0 aliphatic carbocycles. The highest BCUT2D eigenvalue weighted by Gasteiger charge is 2.39. The molecule has 2 fully saturated rings. The van der Waals surface area contributed by atoms with E-state index in [-0.39, 0.29) is 0 Å². The summed E-state index contributed by atoms with van der Waals surface area (Å²) in [5.74, 6) is 1.03. The van der Waals surface area contributed by atoms with Gasteiger partial charge in [-0.05, 0) is 63.3 Å². The van der Waals surface area contributed by atoms with Crippen LogP contribution < -0.4 is 15.0 Å². The molecule has 21 heavy (non-hydrogen) atoms. The lowest BCUT2D eigenvalue weighted by Crippen LogP contribution is -2.56. The quantitative estimate of drug-likeness (QED) is 0.917. The summed E-state index contributed by atoms with van der Waals surface area (Å²) < 4.78 is 5.64. The highest BCUT2D eigenvalue weighted by atomic mass is 16.5. The summed E-state index contributed by atoms with van der Waals surface area (Å²) in [4.78, 5) is 2.67. The van der Waals surface area contributed by atoms with Gasteiger partial charge in [-0.25, -0.2) is 0 Å². The Morgan fingerprint density at radius 3 is 2.57 bits per heavy atom. The number of ether oxygens (including phenoxy) is 1. The Balaban J connectivity index is 1.90. The van der Waals surface area contributed by atoms with Gasteiger partial charge in [-0.15, -0.1) is 0 Å². The van der Waals surface area contributed by atoms with Crippen molar-refractivity contribution in [3.8, 4) is 5.75 Å². The van der Waals surface area contributed by atoms with E-state index in [9.17, 15) is 0 Å². The number of nitrogens with zero attached hydrogens (tertiary/aromatic N) is 1. The highest BCUT2D eigenvalue weighted by Crippen LogP contribution is 2.41. The van der Waals surface area contributed by atoms with Crippen LogP contribution in [-0.2, 0) is 0 Å². The first-order valence-corrected chi connectivity index (χ1v) is 8.39. The van der Waals surface area contributed by atoms with Gasteiger partial charge < -0.3 is 15.0 Å². The van der Waals surface area contributed by atoms with Crippen molar-refractivity contribution < 1.29 is 4.74 Å². The van der Waals surface area contributed by atoms with Crippen LogP contribution in [0.3, 0.4) is 0 Å². The number of hydrogen-bond donors (Lipinski definition) is 1. The maximum Gasteiger partial charge on any atom is 0.142 e. The van der Waals surface area contributed by atoms with Gasteiger partial charge in [-0.3, -0.25) is 0 Å². The maximum atomic E-state index is 5.64. The molecule has 3 nitrogen and oxygen atoms in total. The number of rotatable bonds is 4. The van der Waals surface area contributed by atoms with Crippen molar-refractivity contribution in [3.05, 3.63) is 23.8 Å². The van der Waals surface area contributed by atoms with Gasteiger partial charge in [0.1, 0.15) is 5.75 Å². The zero-order valence-electron chi connectivity index (χ0n) is 13.6. The van der Waals surface area contributed by atoms with E-state index in [2.05, 4.69) is 42.3 Å². The van der Waals surface area contributed by atoms with Crippen LogP contribution in [0.15, 0.2) is 18.2 Å². The lowest BCUT2D eigenvalue weighted by atomic mass is 9.81. The third kappa shape index (κ3) is 2.89. The van der Waals surface area contributed by atoms with E-state index in [4.69, 9.17) is 4.74 Å². The summed E-state index contributed by atoms with van der Waals surface area (Å²) in [6, 6.07) is 8.59. The fourth-order valence-corrected chi connectivity index (χ4v) is 4.23. The first kappa shape index (κ1) is 14.7. The SMILES string of the molecule is CCNC1CC2CCCC(C1)N2c1cc(C)ccc1OC. The summed E-state index contributed by atoms with van der Waals surface area (Å²) in [6.45, 7) is 5.47. The predicted molar refractivity (Wildman–Crippen MR) is 88.3 cm³/mol. The molecular formula is C18H28N2O. The molecule has 3 heteroatoms. The van der Waals surface area contributed by atoms with E-state index in [1.807, 2.05) is 0 Å². The van der Waals surface area contributed by atoms with Crippen LogP contribution in [0.4, 0.5) is 5.69 Å². The third-order valence-corrected chi connectivity index (χ3v) is 5.08. The number of fused-ring (bicyclic) bond motifs is 2. The van der Waals surface area contributed by atoms with Gasteiger partial charge in [0.05, 0.1) is 12.8 Å². The van der Waals surface area contributed by atoms with Gasteiger partial charge in [-0.1, -0.05) is 13.0 Å². The van der Waals surface area contributed by atoms with Crippen molar-refractivity contribution in [2.45, 2.75) is 64.1 Å². The minimum Gasteiger partial charge on any atom is -0.495 e. The first-order chi connectivity index (χ1) is 10.2. The van der Waals surface area contributed by atoms with Gasteiger partial charge in [0.2, 0.25) is 0 Å². The molecule has 0 radical (unpaired) electrons. The molecule has 2 unspecified atom stereocenters. The number of anilines is 1. The largest absolute Gasteiger partial charge is 0.495 e. The molecule has 1 aromatic rings. The second kappa shape index (κ2) is 6.27. The van der Waals surface area contributed by atoms with E-state index in [1.165, 1.54) is 43.4 Å². The average molecular weight is 288 g/mol. The summed E-state index contributed by atoms with van der Waals surface area (Å²) in [5.41, 5.74) is 2.62. The average Bonchev–Trinajstić information content (AvgIpc) is 2.46. The first-order valence-electron chi connectivity index (χ1n) is 8.39. The van der Waals surface area contributed by atoms with E-state index in [1.54, 1.807) is 7.11 Å². The molecule has 0 aromatic heterocycles. The Morgan fingerprint density at radius 1 is 1.24 bits per heavy atom. The number of benzene rings is 1. The lowest BCUT2D eigenvalue weighted by Gasteiger charge is -2.50. The number of piperidine rings is 2. The van der Waals surface area contributed by atoms with E-state index in [0.717, 1.165) is 12.3 Å². The monoisotopic (exact) mass is 288 g/mol. The van der Waals surface area contributed by atoms with Gasteiger partial charge in [0, 0.05) is 18.1 Å². The van der Waals surface area contributed by atoms with Crippen molar-refractivity contribution in [3.63, 3.8) is 0 Å². The van der Waals surface area contributed by atoms with Crippen LogP contribution >= 0.6 is 0 Å².